The number of hydrogen-bond acceptors (Lipinski definition) is 7. The quantitative estimate of drug-likeness (QED) is 0.378. The largest absolute Gasteiger partial charge is 0.493 e. The van der Waals surface area contributed by atoms with Crippen LogP contribution in [-0.2, 0) is 11.2 Å². The topological polar surface area (TPSA) is 118 Å². The molecular formula is C16H18N4O5S. The Morgan fingerprint density at radius 2 is 1.92 bits per heavy atom. The third-order valence-corrected chi connectivity index (χ3v) is 3.50. The number of benzene rings is 1. The molecule has 0 radical (unpaired) electrons. The molecule has 1 aromatic heterocycles. The SMILES string of the molecule is COc1ccc(/C=N\NC(=O)Cc2cc(=O)[nH]c(=S)[nH]2)c(OC)c1OC. The van der Waals surface area contributed by atoms with Crippen LogP contribution in [-0.4, -0.2) is 43.4 Å². The molecule has 2 aromatic rings. The van der Waals surface area contributed by atoms with Gasteiger partial charge in [0.15, 0.2) is 16.3 Å². The van der Waals surface area contributed by atoms with E-state index in [2.05, 4.69) is 20.5 Å². The molecule has 0 spiro atoms. The van der Waals surface area contributed by atoms with Gasteiger partial charge in [0.1, 0.15) is 0 Å². The van der Waals surface area contributed by atoms with Crippen molar-refractivity contribution in [2.24, 2.45) is 5.10 Å². The van der Waals surface area contributed by atoms with Crippen LogP contribution in [0.2, 0.25) is 0 Å². The van der Waals surface area contributed by atoms with Gasteiger partial charge in [-0.25, -0.2) is 5.43 Å². The second-order valence-electron chi connectivity index (χ2n) is 5.01. The van der Waals surface area contributed by atoms with E-state index in [1.54, 1.807) is 12.1 Å². The van der Waals surface area contributed by atoms with Crippen molar-refractivity contribution in [1.29, 1.82) is 0 Å². The lowest BCUT2D eigenvalue weighted by atomic mass is 10.2. The highest BCUT2D eigenvalue weighted by atomic mass is 32.1. The number of rotatable bonds is 7. The van der Waals surface area contributed by atoms with Gasteiger partial charge >= 0.3 is 0 Å². The van der Waals surface area contributed by atoms with E-state index in [4.69, 9.17) is 26.4 Å². The van der Waals surface area contributed by atoms with Crippen LogP contribution >= 0.6 is 12.2 Å². The number of aromatic amines is 2. The Kier molecular flexibility index (Phi) is 6.50. The van der Waals surface area contributed by atoms with E-state index in [1.165, 1.54) is 33.6 Å². The summed E-state index contributed by atoms with van der Waals surface area (Å²) in [5.41, 5.74) is 2.96. The van der Waals surface area contributed by atoms with Crippen molar-refractivity contribution < 1.29 is 19.0 Å². The van der Waals surface area contributed by atoms with E-state index in [0.717, 1.165) is 0 Å². The first kappa shape index (κ1) is 19.2. The van der Waals surface area contributed by atoms with Crippen LogP contribution in [0.5, 0.6) is 17.2 Å². The number of hydrogen-bond donors (Lipinski definition) is 3. The fourth-order valence-corrected chi connectivity index (χ4v) is 2.46. The molecule has 1 heterocycles. The summed E-state index contributed by atoms with van der Waals surface area (Å²) >= 11 is 4.85. The van der Waals surface area contributed by atoms with Crippen LogP contribution in [0.25, 0.3) is 0 Å². The lowest BCUT2D eigenvalue weighted by Gasteiger charge is -2.13. The molecule has 0 aliphatic carbocycles. The Hall–Kier alpha value is -3.14. The third-order valence-electron chi connectivity index (χ3n) is 3.29. The van der Waals surface area contributed by atoms with Crippen molar-refractivity contribution in [2.75, 3.05) is 21.3 Å². The molecule has 26 heavy (non-hydrogen) atoms. The van der Waals surface area contributed by atoms with Crippen molar-refractivity contribution in [2.45, 2.75) is 6.42 Å². The highest BCUT2D eigenvalue weighted by molar-refractivity contribution is 7.71. The molecule has 2 rings (SSSR count). The van der Waals surface area contributed by atoms with E-state index in [1.807, 2.05) is 0 Å². The summed E-state index contributed by atoms with van der Waals surface area (Å²) in [5.74, 6) is 0.928. The van der Waals surface area contributed by atoms with Gasteiger partial charge in [0, 0.05) is 17.3 Å². The predicted octanol–water partition coefficient (Wildman–Crippen LogP) is 1.15. The average Bonchev–Trinajstić information content (AvgIpc) is 2.59. The van der Waals surface area contributed by atoms with Gasteiger partial charge in [-0.15, -0.1) is 0 Å². The number of nitrogens with zero attached hydrogens (tertiary/aromatic N) is 1. The summed E-state index contributed by atoms with van der Waals surface area (Å²) in [4.78, 5) is 28.4. The number of hydrazone groups is 1. The van der Waals surface area contributed by atoms with E-state index in [-0.39, 0.29) is 16.8 Å². The number of H-pyrrole nitrogens is 2. The zero-order chi connectivity index (χ0) is 19.1. The first-order chi connectivity index (χ1) is 12.5. The number of carbonyl (C=O) groups is 1. The molecule has 0 bridgehead atoms. The lowest BCUT2D eigenvalue weighted by molar-refractivity contribution is -0.120. The van der Waals surface area contributed by atoms with Gasteiger partial charge in [0.05, 0.1) is 34.0 Å². The first-order valence-electron chi connectivity index (χ1n) is 7.42. The molecule has 0 saturated heterocycles. The van der Waals surface area contributed by atoms with E-state index >= 15 is 0 Å². The maximum atomic E-state index is 11.9. The van der Waals surface area contributed by atoms with E-state index in [9.17, 15) is 9.59 Å². The lowest BCUT2D eigenvalue weighted by Crippen LogP contribution is -2.21. The van der Waals surface area contributed by atoms with Gasteiger partial charge in [-0.1, -0.05) is 0 Å². The maximum absolute atomic E-state index is 11.9. The molecule has 0 fully saturated rings. The molecule has 10 heteroatoms. The summed E-state index contributed by atoms with van der Waals surface area (Å²) in [6.45, 7) is 0. The third kappa shape index (κ3) is 4.70. The molecular weight excluding hydrogens is 360 g/mol. The molecule has 0 aliphatic heterocycles. The van der Waals surface area contributed by atoms with Crippen LogP contribution < -0.4 is 25.2 Å². The minimum atomic E-state index is -0.419. The van der Waals surface area contributed by atoms with Crippen molar-refractivity contribution in [3.63, 3.8) is 0 Å². The van der Waals surface area contributed by atoms with Crippen LogP contribution in [0, 0.1) is 4.77 Å². The van der Waals surface area contributed by atoms with Crippen molar-refractivity contribution in [3.8, 4) is 17.2 Å². The summed E-state index contributed by atoms with van der Waals surface area (Å²) in [5, 5.41) is 3.90. The van der Waals surface area contributed by atoms with Crippen LogP contribution in [0.15, 0.2) is 28.1 Å². The Balaban J connectivity index is 2.11. The molecule has 1 aromatic carbocycles. The number of ether oxygens (including phenoxy) is 3. The van der Waals surface area contributed by atoms with Crippen molar-refractivity contribution in [3.05, 3.63) is 44.6 Å². The molecule has 138 valence electrons. The minimum absolute atomic E-state index is 0.0754. The van der Waals surface area contributed by atoms with Crippen LogP contribution in [0.4, 0.5) is 0 Å². The zero-order valence-electron chi connectivity index (χ0n) is 14.4. The molecule has 0 saturated carbocycles. The van der Waals surface area contributed by atoms with Gasteiger partial charge in [0.2, 0.25) is 11.7 Å². The molecule has 0 atom stereocenters. The second kappa shape index (κ2) is 8.81. The minimum Gasteiger partial charge on any atom is -0.493 e. The van der Waals surface area contributed by atoms with Gasteiger partial charge < -0.3 is 19.2 Å². The Morgan fingerprint density at radius 1 is 1.19 bits per heavy atom. The summed E-state index contributed by atoms with van der Waals surface area (Å²) in [6.07, 6.45) is 1.34. The molecule has 0 unspecified atom stereocenters. The van der Waals surface area contributed by atoms with Crippen LogP contribution in [0.3, 0.4) is 0 Å². The van der Waals surface area contributed by atoms with Crippen LogP contribution in [0.1, 0.15) is 11.3 Å². The highest BCUT2D eigenvalue weighted by Gasteiger charge is 2.14. The maximum Gasteiger partial charge on any atom is 0.251 e. The number of aromatic nitrogens is 2. The number of methoxy groups -OCH3 is 3. The van der Waals surface area contributed by atoms with E-state index in [0.29, 0.717) is 28.5 Å². The monoisotopic (exact) mass is 378 g/mol. The number of amides is 1. The zero-order valence-corrected chi connectivity index (χ0v) is 15.2. The molecule has 3 N–H and O–H groups in total. The summed E-state index contributed by atoms with van der Waals surface area (Å²) in [7, 11) is 4.50. The van der Waals surface area contributed by atoms with Gasteiger partial charge in [-0.05, 0) is 24.4 Å². The summed E-state index contributed by atoms with van der Waals surface area (Å²) in [6, 6.07) is 4.67. The fourth-order valence-electron chi connectivity index (χ4n) is 2.23. The average molecular weight is 378 g/mol. The van der Waals surface area contributed by atoms with Crippen molar-refractivity contribution in [1.82, 2.24) is 15.4 Å². The normalized spacial score (nSPS) is 10.6. The van der Waals surface area contributed by atoms with Crippen molar-refractivity contribution >= 4 is 24.3 Å². The summed E-state index contributed by atoms with van der Waals surface area (Å²) < 4.78 is 16.0. The van der Waals surface area contributed by atoms with Gasteiger partial charge in [-0.2, -0.15) is 5.10 Å². The van der Waals surface area contributed by atoms with E-state index < -0.39 is 5.91 Å². The predicted molar refractivity (Wildman–Crippen MR) is 97.8 cm³/mol. The Labute approximate surface area is 154 Å². The smallest absolute Gasteiger partial charge is 0.251 e. The molecule has 9 nitrogen and oxygen atoms in total. The fraction of sp³-hybridized carbons (Fsp3) is 0.250. The molecule has 0 aliphatic rings. The van der Waals surface area contributed by atoms with Gasteiger partial charge in [0.25, 0.3) is 5.56 Å². The number of nitrogens with one attached hydrogen (secondary N) is 3. The Morgan fingerprint density at radius 3 is 2.54 bits per heavy atom. The first-order valence-corrected chi connectivity index (χ1v) is 7.82. The second-order valence-corrected chi connectivity index (χ2v) is 5.41. The number of carbonyl (C=O) groups excluding carboxylic acids is 1. The Bertz CT molecular complexity index is 907. The van der Waals surface area contributed by atoms with Gasteiger partial charge in [-0.3, -0.25) is 14.6 Å². The highest BCUT2D eigenvalue weighted by Crippen LogP contribution is 2.38. The standard InChI is InChI=1S/C16H18N4O5S/c1-23-11-5-4-9(14(24-2)15(11)25-3)8-17-20-13(22)7-10-6-12(21)19-16(26)18-10/h4-6,8H,7H2,1-3H3,(H,20,22)(H2,18,19,21,26)/b17-8-. The molecule has 1 amide bonds.